The van der Waals surface area contributed by atoms with Crippen LogP contribution in [-0.2, 0) is 25.5 Å². The second-order valence-electron chi connectivity index (χ2n) is 17.2. The van der Waals surface area contributed by atoms with E-state index < -0.39 is 19.1 Å². The zero-order valence-corrected chi connectivity index (χ0v) is 38.2. The number of imide groups is 1. The van der Waals surface area contributed by atoms with Gasteiger partial charge in [0.15, 0.2) is 5.82 Å². The van der Waals surface area contributed by atoms with Crippen LogP contribution >= 0.6 is 18.7 Å². The normalized spacial score (nSPS) is 18.5. The maximum absolute atomic E-state index is 13.1. The molecule has 1 aromatic heterocycles. The third-order valence-electron chi connectivity index (χ3n) is 12.6. The van der Waals surface area contributed by atoms with Gasteiger partial charge < -0.3 is 40.0 Å². The van der Waals surface area contributed by atoms with E-state index >= 15 is 0 Å². The summed E-state index contributed by atoms with van der Waals surface area (Å²) in [7, 11) is -0.913. The fourth-order valence-corrected chi connectivity index (χ4v) is 10.4. The largest absolute Gasteiger partial charge is 0.494 e. The highest BCUT2D eigenvalue weighted by Gasteiger charge is 2.39. The molecule has 0 saturated carbocycles. The molecule has 0 aliphatic carbocycles. The van der Waals surface area contributed by atoms with Crippen molar-refractivity contribution in [3.8, 4) is 5.75 Å². The van der Waals surface area contributed by atoms with E-state index in [4.69, 9.17) is 16.3 Å². The van der Waals surface area contributed by atoms with Gasteiger partial charge >= 0.3 is 0 Å². The molecule has 3 fully saturated rings. The highest BCUT2D eigenvalue weighted by atomic mass is 35.5. The first kappa shape index (κ1) is 44.9. The van der Waals surface area contributed by atoms with Crippen LogP contribution in [-0.4, -0.2) is 127 Å². The number of hydrogen-bond acceptors (Lipinski definition) is 13. The second kappa shape index (κ2) is 19.6. The van der Waals surface area contributed by atoms with E-state index in [9.17, 15) is 23.7 Å². The van der Waals surface area contributed by atoms with Gasteiger partial charge in [-0.1, -0.05) is 23.7 Å². The van der Waals surface area contributed by atoms with Crippen LogP contribution in [0.25, 0.3) is 0 Å². The molecule has 8 rings (SSSR count). The predicted octanol–water partition coefficient (Wildman–Crippen LogP) is 6.03. The number of piperazine rings is 1. The number of piperidine rings is 2. The summed E-state index contributed by atoms with van der Waals surface area (Å²) in [6.07, 6.45) is 6.29. The SMILES string of the molecule is COc1cc(N2CCC(N3CCN(C(=O)CCCCNc4ccc5c(c4)CN(C4CCC(=O)NC4=O)C5=O)CC3)CC2)ccc1Nc1ncc(Cl)c(Nc2ccccc2P(C)(C)=O)n1. The molecule has 338 valence electrons. The Kier molecular flexibility index (Phi) is 13.7. The lowest BCUT2D eigenvalue weighted by molar-refractivity contribution is -0.137. The molecule has 5 heterocycles. The molecular formula is C46H56ClN10O6P. The first-order valence-corrected chi connectivity index (χ1v) is 25.0. The van der Waals surface area contributed by atoms with Crippen molar-refractivity contribution >= 4 is 82.2 Å². The first-order valence-electron chi connectivity index (χ1n) is 22.0. The van der Waals surface area contributed by atoms with E-state index in [2.05, 4.69) is 47.1 Å². The molecule has 1 atom stereocenters. The summed E-state index contributed by atoms with van der Waals surface area (Å²) in [5, 5.41) is 13.3. The summed E-state index contributed by atoms with van der Waals surface area (Å²) < 4.78 is 18.7. The molecule has 3 aromatic carbocycles. The number of hydrogen-bond donors (Lipinski definition) is 4. The van der Waals surface area contributed by atoms with E-state index in [0.717, 1.165) is 81.9 Å². The van der Waals surface area contributed by atoms with Crippen molar-refractivity contribution in [1.29, 1.82) is 0 Å². The minimum Gasteiger partial charge on any atom is -0.494 e. The fraction of sp³-hybridized carbons (Fsp3) is 0.435. The van der Waals surface area contributed by atoms with Crippen molar-refractivity contribution < 1.29 is 28.5 Å². The average Bonchev–Trinajstić information content (AvgIpc) is 3.61. The molecule has 0 spiro atoms. The monoisotopic (exact) mass is 910 g/mol. The summed E-state index contributed by atoms with van der Waals surface area (Å²) in [4.78, 5) is 67.6. The highest BCUT2D eigenvalue weighted by molar-refractivity contribution is 7.70. The quantitative estimate of drug-likeness (QED) is 0.0618. The van der Waals surface area contributed by atoms with Gasteiger partial charge in [0.25, 0.3) is 5.91 Å². The number of anilines is 6. The topological polar surface area (TPSA) is 181 Å². The maximum atomic E-state index is 13.1. The summed E-state index contributed by atoms with van der Waals surface area (Å²) in [5.74, 6) is 0.698. The van der Waals surface area contributed by atoms with Crippen LogP contribution in [0.5, 0.6) is 5.75 Å². The average molecular weight is 911 g/mol. The van der Waals surface area contributed by atoms with Gasteiger partial charge in [-0.05, 0) is 93.5 Å². The predicted molar refractivity (Wildman–Crippen MR) is 250 cm³/mol. The van der Waals surface area contributed by atoms with Crippen LogP contribution in [0.15, 0.2) is 66.9 Å². The number of methoxy groups -OCH3 is 1. The standard InChI is InChI=1S/C46H56ClN10O6P/c1-63-39-27-33(12-14-36(39)51-46-49-28-35(47)43(53-46)50-37-8-4-5-9-40(37)64(2,3)62)54-20-17-32(18-21-54)55-22-24-56(25-23-55)42(59)10-6-7-19-48-31-11-13-34-30(26-31)29-57(45(34)61)38-15-16-41(58)52-44(38)60/h4-5,8-9,11-14,26-28,32,38,48H,6-7,10,15-25,29H2,1-3H3,(H,52,58,60)(H2,49,50,51,53). The van der Waals surface area contributed by atoms with Crippen molar-refractivity contribution in [3.63, 3.8) is 0 Å². The maximum Gasteiger partial charge on any atom is 0.255 e. The zero-order chi connectivity index (χ0) is 45.0. The number of ether oxygens (including phenoxy) is 1. The lowest BCUT2D eigenvalue weighted by Crippen LogP contribution is -2.54. The molecule has 0 bridgehead atoms. The molecular weight excluding hydrogens is 855 g/mol. The molecule has 4 amide bonds. The van der Waals surface area contributed by atoms with Gasteiger partial charge in [-0.15, -0.1) is 0 Å². The molecule has 4 aliphatic rings. The van der Waals surface area contributed by atoms with Crippen LogP contribution in [0.2, 0.25) is 5.02 Å². The number of nitrogens with zero attached hydrogens (tertiary/aromatic N) is 6. The summed E-state index contributed by atoms with van der Waals surface area (Å²) in [6, 6.07) is 19.0. The number of carbonyl (C=O) groups is 4. The number of amides is 4. The first-order chi connectivity index (χ1) is 30.8. The number of aromatic nitrogens is 2. The third kappa shape index (κ3) is 10.3. The van der Waals surface area contributed by atoms with E-state index in [1.165, 1.54) is 6.20 Å². The smallest absolute Gasteiger partial charge is 0.255 e. The van der Waals surface area contributed by atoms with Crippen LogP contribution in [0.4, 0.5) is 34.5 Å². The second-order valence-corrected chi connectivity index (χ2v) is 20.8. The van der Waals surface area contributed by atoms with Gasteiger partial charge in [0.1, 0.15) is 24.0 Å². The number of halogens is 1. The van der Waals surface area contributed by atoms with Gasteiger partial charge in [0.2, 0.25) is 23.7 Å². The molecule has 3 saturated heterocycles. The lowest BCUT2D eigenvalue weighted by Gasteiger charge is -2.43. The number of para-hydroxylation sites is 1. The van der Waals surface area contributed by atoms with E-state index in [1.807, 2.05) is 53.4 Å². The summed E-state index contributed by atoms with van der Waals surface area (Å²) in [6.45, 7) is 9.57. The molecule has 4 N–H and O–H groups in total. The summed E-state index contributed by atoms with van der Waals surface area (Å²) >= 11 is 6.48. The van der Waals surface area contributed by atoms with Crippen molar-refractivity contribution in [2.45, 2.75) is 63.6 Å². The number of nitrogens with one attached hydrogen (secondary N) is 4. The van der Waals surface area contributed by atoms with E-state index in [1.54, 1.807) is 31.4 Å². The van der Waals surface area contributed by atoms with Crippen molar-refractivity contribution in [3.05, 3.63) is 83.0 Å². The fourth-order valence-electron chi connectivity index (χ4n) is 9.09. The minimum atomic E-state index is -2.56. The van der Waals surface area contributed by atoms with Gasteiger partial charge in [-0.2, -0.15) is 4.98 Å². The minimum absolute atomic E-state index is 0.182. The Morgan fingerprint density at radius 1 is 0.922 bits per heavy atom. The van der Waals surface area contributed by atoms with Crippen LogP contribution in [0, 0.1) is 0 Å². The Labute approximate surface area is 378 Å². The number of rotatable bonds is 15. The third-order valence-corrected chi connectivity index (χ3v) is 14.4. The summed E-state index contributed by atoms with van der Waals surface area (Å²) in [5.41, 5.74) is 4.82. The number of unbranched alkanes of at least 4 members (excludes halogenated alkanes) is 1. The Balaban J connectivity index is 0.749. The molecule has 1 unspecified atom stereocenters. The number of carbonyl (C=O) groups excluding carboxylic acids is 4. The molecule has 16 nitrogen and oxygen atoms in total. The van der Waals surface area contributed by atoms with Gasteiger partial charge in [-0.3, -0.25) is 29.4 Å². The highest BCUT2D eigenvalue weighted by Crippen LogP contribution is 2.39. The Morgan fingerprint density at radius 3 is 2.45 bits per heavy atom. The number of fused-ring (bicyclic) bond motifs is 1. The van der Waals surface area contributed by atoms with Crippen LogP contribution in [0.1, 0.15) is 60.9 Å². The van der Waals surface area contributed by atoms with Gasteiger partial charge in [0.05, 0.1) is 24.7 Å². The van der Waals surface area contributed by atoms with Crippen molar-refractivity contribution in [2.75, 3.05) is 87.1 Å². The van der Waals surface area contributed by atoms with Crippen molar-refractivity contribution in [1.82, 2.24) is 30.0 Å². The Hall–Kier alpha value is -5.70. The molecule has 4 aliphatic heterocycles. The zero-order valence-electron chi connectivity index (χ0n) is 36.6. The molecule has 18 heteroatoms. The Morgan fingerprint density at radius 2 is 1.70 bits per heavy atom. The Bertz CT molecular complexity index is 2450. The van der Waals surface area contributed by atoms with Crippen LogP contribution < -0.4 is 36.2 Å². The van der Waals surface area contributed by atoms with E-state index in [-0.39, 0.29) is 24.1 Å². The lowest BCUT2D eigenvalue weighted by atomic mass is 10.0. The van der Waals surface area contributed by atoms with Crippen molar-refractivity contribution in [2.24, 2.45) is 0 Å². The number of benzene rings is 3. The van der Waals surface area contributed by atoms with Gasteiger partial charge in [0, 0.05) is 99.6 Å². The van der Waals surface area contributed by atoms with Crippen LogP contribution in [0.3, 0.4) is 0 Å². The van der Waals surface area contributed by atoms with Gasteiger partial charge in [-0.25, -0.2) is 4.98 Å². The molecule has 4 aromatic rings. The molecule has 0 radical (unpaired) electrons. The van der Waals surface area contributed by atoms with E-state index in [0.29, 0.717) is 76.8 Å². The molecule has 64 heavy (non-hydrogen) atoms.